The molecular formula is C24H41FN2O4S. The molecule has 0 aromatic carbocycles. The van der Waals surface area contributed by atoms with Gasteiger partial charge in [0.15, 0.2) is 0 Å². The summed E-state index contributed by atoms with van der Waals surface area (Å²) in [6.07, 6.45) is 8.61. The van der Waals surface area contributed by atoms with Crippen LogP contribution in [-0.2, 0) is 19.5 Å². The van der Waals surface area contributed by atoms with Gasteiger partial charge < -0.3 is 9.47 Å². The van der Waals surface area contributed by atoms with Gasteiger partial charge in [-0.15, -0.1) is 0 Å². The highest BCUT2D eigenvalue weighted by Gasteiger charge is 2.46. The Balaban J connectivity index is 1.56. The number of nitrogens with zero attached hydrogens (tertiary/aromatic N) is 2. The Morgan fingerprint density at radius 2 is 1.56 bits per heavy atom. The minimum absolute atomic E-state index is 0.00682. The summed E-state index contributed by atoms with van der Waals surface area (Å²) in [6.45, 7) is 2.20. The van der Waals surface area contributed by atoms with Crippen molar-refractivity contribution in [1.82, 2.24) is 4.41 Å². The molecule has 184 valence electrons. The second-order valence-corrected chi connectivity index (χ2v) is 12.7. The molecule has 0 radical (unpaired) electrons. The monoisotopic (exact) mass is 472 g/mol. The Labute approximate surface area is 193 Å². The smallest absolute Gasteiger partial charge is 0.252 e. The van der Waals surface area contributed by atoms with Crippen LogP contribution in [0.15, 0.2) is 5.10 Å². The van der Waals surface area contributed by atoms with E-state index in [1.165, 1.54) is 4.41 Å². The molecule has 0 aromatic rings. The van der Waals surface area contributed by atoms with E-state index in [1.807, 2.05) is 0 Å². The first-order valence-electron chi connectivity index (χ1n) is 12.6. The van der Waals surface area contributed by atoms with Crippen molar-refractivity contribution in [3.8, 4) is 0 Å². The number of ether oxygens (including phenoxy) is 2. The second-order valence-electron chi connectivity index (χ2n) is 10.6. The minimum Gasteiger partial charge on any atom is -0.379 e. The summed E-state index contributed by atoms with van der Waals surface area (Å²) in [5, 5.41) is 4.51. The summed E-state index contributed by atoms with van der Waals surface area (Å²) < 4.78 is 54.1. The number of methoxy groups -OCH3 is 2. The summed E-state index contributed by atoms with van der Waals surface area (Å²) >= 11 is 0. The molecule has 0 bridgehead atoms. The molecule has 0 saturated heterocycles. The topological polar surface area (TPSA) is 68.2 Å². The van der Waals surface area contributed by atoms with Crippen molar-refractivity contribution >= 4 is 15.7 Å². The molecule has 4 aliphatic rings. The van der Waals surface area contributed by atoms with E-state index in [2.05, 4.69) is 6.92 Å². The van der Waals surface area contributed by atoms with Crippen molar-refractivity contribution in [3.63, 3.8) is 0 Å². The molecule has 0 spiro atoms. The molecule has 1 heterocycles. The van der Waals surface area contributed by atoms with Gasteiger partial charge in [0.2, 0.25) is 0 Å². The van der Waals surface area contributed by atoms with Gasteiger partial charge in [0, 0.05) is 32.3 Å². The van der Waals surface area contributed by atoms with E-state index >= 15 is 0 Å². The lowest BCUT2D eigenvalue weighted by molar-refractivity contribution is -0.0639. The predicted molar refractivity (Wildman–Crippen MR) is 124 cm³/mol. The van der Waals surface area contributed by atoms with Crippen molar-refractivity contribution in [2.24, 2.45) is 22.9 Å². The molecule has 3 saturated carbocycles. The molecule has 4 atom stereocenters. The first-order valence-corrected chi connectivity index (χ1v) is 14.1. The summed E-state index contributed by atoms with van der Waals surface area (Å²) in [5.74, 6) is 1.00. The van der Waals surface area contributed by atoms with Gasteiger partial charge in [-0.3, -0.25) is 0 Å². The Morgan fingerprint density at radius 3 is 2.19 bits per heavy atom. The Kier molecular flexibility index (Phi) is 7.82. The summed E-state index contributed by atoms with van der Waals surface area (Å²) in [4.78, 5) is 0. The summed E-state index contributed by atoms with van der Waals surface area (Å²) in [5.41, 5.74) is 1.00. The molecule has 4 unspecified atom stereocenters. The number of hydrogen-bond donors (Lipinski definition) is 0. The lowest BCUT2D eigenvalue weighted by Gasteiger charge is -2.36. The molecule has 1 aliphatic heterocycles. The van der Waals surface area contributed by atoms with E-state index in [4.69, 9.17) is 14.6 Å². The average Bonchev–Trinajstić information content (AvgIpc) is 3.26. The molecule has 8 heteroatoms. The van der Waals surface area contributed by atoms with Crippen LogP contribution in [0.2, 0.25) is 0 Å². The molecule has 0 amide bonds. The van der Waals surface area contributed by atoms with Crippen molar-refractivity contribution < 1.29 is 22.3 Å². The van der Waals surface area contributed by atoms with Crippen molar-refractivity contribution in [3.05, 3.63) is 0 Å². The molecule has 3 fully saturated rings. The molecule has 32 heavy (non-hydrogen) atoms. The molecule has 0 aromatic heterocycles. The van der Waals surface area contributed by atoms with Crippen LogP contribution in [0.5, 0.6) is 0 Å². The number of sulfonamides is 1. The molecule has 0 N–H and O–H groups in total. The van der Waals surface area contributed by atoms with Gasteiger partial charge in [0.25, 0.3) is 10.0 Å². The lowest BCUT2D eigenvalue weighted by atomic mass is 9.77. The molecule has 4 rings (SSSR count). The third-order valence-corrected chi connectivity index (χ3v) is 10.8. The maximum absolute atomic E-state index is 13.8. The van der Waals surface area contributed by atoms with E-state index in [9.17, 15) is 12.8 Å². The van der Waals surface area contributed by atoms with E-state index in [0.717, 1.165) is 63.5 Å². The Bertz CT molecular complexity index is 760. The Morgan fingerprint density at radius 1 is 0.906 bits per heavy atom. The second kappa shape index (κ2) is 10.3. The SMILES string of the molecule is COC1CCC(C2=NN(S(=O)(=O)C3CCC(C)CC3)C(C3CCC(F)CC3)C2)CC1OC. The molecule has 6 nitrogen and oxygen atoms in total. The highest BCUT2D eigenvalue weighted by Crippen LogP contribution is 2.41. The van der Waals surface area contributed by atoms with E-state index in [1.54, 1.807) is 14.2 Å². The average molecular weight is 473 g/mol. The van der Waals surface area contributed by atoms with Crippen molar-refractivity contribution in [2.45, 2.75) is 114 Å². The zero-order valence-electron chi connectivity index (χ0n) is 19.9. The largest absolute Gasteiger partial charge is 0.379 e. The lowest BCUT2D eigenvalue weighted by Crippen LogP contribution is -2.44. The fourth-order valence-corrected chi connectivity index (χ4v) is 8.46. The fourth-order valence-electron chi connectivity index (χ4n) is 6.44. The van der Waals surface area contributed by atoms with E-state index in [-0.39, 0.29) is 35.3 Å². The fraction of sp³-hybridized carbons (Fsp3) is 0.958. The van der Waals surface area contributed by atoms with Crippen LogP contribution in [0.25, 0.3) is 0 Å². The van der Waals surface area contributed by atoms with Crippen molar-refractivity contribution in [1.29, 1.82) is 0 Å². The van der Waals surface area contributed by atoms with Crippen LogP contribution in [-0.4, -0.2) is 62.4 Å². The van der Waals surface area contributed by atoms with Crippen LogP contribution in [0.1, 0.15) is 84.0 Å². The molecular weight excluding hydrogens is 431 g/mol. The van der Waals surface area contributed by atoms with Crippen LogP contribution >= 0.6 is 0 Å². The highest BCUT2D eigenvalue weighted by molar-refractivity contribution is 7.89. The first-order chi connectivity index (χ1) is 15.3. The van der Waals surface area contributed by atoms with Gasteiger partial charge in [0.1, 0.15) is 6.17 Å². The first kappa shape index (κ1) is 24.4. The number of halogens is 1. The van der Waals surface area contributed by atoms with Crippen LogP contribution < -0.4 is 0 Å². The summed E-state index contributed by atoms with van der Waals surface area (Å²) in [6, 6.07) is -0.150. The number of hydrazone groups is 1. The molecule has 3 aliphatic carbocycles. The van der Waals surface area contributed by atoms with E-state index in [0.29, 0.717) is 25.2 Å². The van der Waals surface area contributed by atoms with Crippen LogP contribution in [0.4, 0.5) is 4.39 Å². The van der Waals surface area contributed by atoms with Crippen molar-refractivity contribution in [2.75, 3.05) is 14.2 Å². The van der Waals surface area contributed by atoms with Crippen LogP contribution in [0, 0.1) is 17.8 Å². The minimum atomic E-state index is -3.51. The van der Waals surface area contributed by atoms with Crippen LogP contribution in [0.3, 0.4) is 0 Å². The third-order valence-electron chi connectivity index (χ3n) is 8.63. The van der Waals surface area contributed by atoms with Gasteiger partial charge in [0.05, 0.1) is 23.5 Å². The zero-order chi connectivity index (χ0) is 22.9. The van der Waals surface area contributed by atoms with E-state index < -0.39 is 16.2 Å². The standard InChI is InChI=1S/C24H41FN2O4S/c1-16-4-11-20(12-5-16)32(28,29)27-22(17-6-9-19(25)10-7-17)15-21(26-27)18-8-13-23(30-2)24(14-18)31-3/h16-20,22-24H,4-15H2,1-3H3. The maximum atomic E-state index is 13.8. The quantitative estimate of drug-likeness (QED) is 0.563. The zero-order valence-corrected chi connectivity index (χ0v) is 20.7. The Hall–Kier alpha value is -0.730. The number of alkyl halides is 1. The predicted octanol–water partition coefficient (Wildman–Crippen LogP) is 4.68. The van der Waals surface area contributed by atoms with Gasteiger partial charge in [-0.2, -0.15) is 9.52 Å². The maximum Gasteiger partial charge on any atom is 0.252 e. The number of hydrogen-bond acceptors (Lipinski definition) is 5. The van der Waals surface area contributed by atoms with Gasteiger partial charge in [-0.1, -0.05) is 6.92 Å². The summed E-state index contributed by atoms with van der Waals surface area (Å²) in [7, 11) is -0.0674. The number of rotatable bonds is 6. The normalized spacial score (nSPS) is 41.5. The highest BCUT2D eigenvalue weighted by atomic mass is 32.2. The third kappa shape index (κ3) is 5.02. The van der Waals surface area contributed by atoms with Gasteiger partial charge >= 0.3 is 0 Å². The van der Waals surface area contributed by atoms with Gasteiger partial charge in [-0.25, -0.2) is 12.8 Å². The van der Waals surface area contributed by atoms with Gasteiger partial charge in [-0.05, 0) is 82.5 Å².